The first-order chi connectivity index (χ1) is 16.0. The zero-order valence-corrected chi connectivity index (χ0v) is 20.0. The molecule has 0 saturated heterocycles. The first kappa shape index (κ1) is 22.8. The Balaban J connectivity index is 1.79. The molecule has 4 rings (SSSR count). The average Bonchev–Trinajstić information content (AvgIpc) is 3.24. The van der Waals surface area contributed by atoms with E-state index in [1.54, 1.807) is 0 Å². The molecule has 2 heterocycles. The molecule has 1 aliphatic heterocycles. The van der Waals surface area contributed by atoms with Crippen molar-refractivity contribution in [2.45, 2.75) is 59.3 Å². The summed E-state index contributed by atoms with van der Waals surface area (Å²) < 4.78 is 5.79. The van der Waals surface area contributed by atoms with Crippen LogP contribution in [0.1, 0.15) is 67.7 Å². The van der Waals surface area contributed by atoms with Gasteiger partial charge in [-0.05, 0) is 43.9 Å². The van der Waals surface area contributed by atoms with Crippen molar-refractivity contribution in [3.05, 3.63) is 82.1 Å². The number of aromatic amines is 1. The SMILES string of the molecule is CCCCCCOC(=O)C1=C(C)Nc2[nH]nc(-c3ccccc3)c2C1c1cccc(C)c1C. The van der Waals surface area contributed by atoms with E-state index in [0.29, 0.717) is 12.2 Å². The number of aryl methyl sites for hydroxylation is 1. The summed E-state index contributed by atoms with van der Waals surface area (Å²) in [5.74, 6) is 0.309. The minimum Gasteiger partial charge on any atom is -0.462 e. The highest BCUT2D eigenvalue weighted by Crippen LogP contribution is 2.46. The van der Waals surface area contributed by atoms with Crippen molar-refractivity contribution >= 4 is 11.8 Å². The molecular formula is C28H33N3O2. The van der Waals surface area contributed by atoms with Crippen molar-refractivity contribution in [1.82, 2.24) is 10.2 Å². The quantitative estimate of drug-likeness (QED) is 0.302. The number of nitrogens with one attached hydrogen (secondary N) is 2. The minimum absolute atomic E-state index is 0.256. The molecule has 0 bridgehead atoms. The molecular weight excluding hydrogens is 410 g/mol. The lowest BCUT2D eigenvalue weighted by Gasteiger charge is -2.29. The summed E-state index contributed by atoms with van der Waals surface area (Å²) in [5.41, 5.74) is 7.79. The van der Waals surface area contributed by atoms with Crippen LogP contribution in [0.2, 0.25) is 0 Å². The maximum absolute atomic E-state index is 13.4. The number of carbonyl (C=O) groups is 1. The Morgan fingerprint density at radius 1 is 1.00 bits per heavy atom. The van der Waals surface area contributed by atoms with Gasteiger partial charge in [-0.3, -0.25) is 5.10 Å². The Morgan fingerprint density at radius 2 is 1.79 bits per heavy atom. The van der Waals surface area contributed by atoms with Crippen LogP contribution in [0.15, 0.2) is 59.8 Å². The first-order valence-electron chi connectivity index (χ1n) is 11.9. The van der Waals surface area contributed by atoms with E-state index in [4.69, 9.17) is 4.74 Å². The summed E-state index contributed by atoms with van der Waals surface area (Å²) in [6, 6.07) is 16.4. The molecule has 2 N–H and O–H groups in total. The van der Waals surface area contributed by atoms with E-state index in [1.807, 2.05) is 37.3 Å². The van der Waals surface area contributed by atoms with Gasteiger partial charge in [-0.25, -0.2) is 4.79 Å². The number of carbonyl (C=O) groups excluding carboxylic acids is 1. The number of aromatic nitrogens is 2. The second-order valence-electron chi connectivity index (χ2n) is 8.81. The molecule has 5 heteroatoms. The van der Waals surface area contributed by atoms with E-state index in [1.165, 1.54) is 11.1 Å². The van der Waals surface area contributed by atoms with Crippen LogP contribution >= 0.6 is 0 Å². The van der Waals surface area contributed by atoms with Crippen LogP contribution < -0.4 is 5.32 Å². The van der Waals surface area contributed by atoms with Crippen LogP contribution in [0.3, 0.4) is 0 Å². The van der Waals surface area contributed by atoms with Gasteiger partial charge in [0.2, 0.25) is 0 Å². The van der Waals surface area contributed by atoms with Crippen molar-refractivity contribution in [3.63, 3.8) is 0 Å². The van der Waals surface area contributed by atoms with Gasteiger partial charge in [0, 0.05) is 22.7 Å². The molecule has 0 spiro atoms. The summed E-state index contributed by atoms with van der Waals surface area (Å²) in [6.07, 6.45) is 4.28. The molecule has 0 fully saturated rings. The highest BCUT2D eigenvalue weighted by atomic mass is 16.5. The lowest BCUT2D eigenvalue weighted by Crippen LogP contribution is -2.25. The third-order valence-electron chi connectivity index (χ3n) is 6.55. The van der Waals surface area contributed by atoms with Crippen molar-refractivity contribution in [2.75, 3.05) is 11.9 Å². The first-order valence-corrected chi connectivity index (χ1v) is 11.9. The van der Waals surface area contributed by atoms with Crippen LogP contribution in [0.4, 0.5) is 5.82 Å². The second kappa shape index (κ2) is 10.1. The molecule has 0 saturated carbocycles. The average molecular weight is 444 g/mol. The van der Waals surface area contributed by atoms with E-state index in [-0.39, 0.29) is 11.9 Å². The lowest BCUT2D eigenvalue weighted by molar-refractivity contribution is -0.139. The summed E-state index contributed by atoms with van der Waals surface area (Å²) >= 11 is 0. The summed E-state index contributed by atoms with van der Waals surface area (Å²) in [6.45, 7) is 8.79. The zero-order valence-electron chi connectivity index (χ0n) is 20.0. The van der Waals surface area contributed by atoms with E-state index in [0.717, 1.165) is 59.6 Å². The normalized spacial score (nSPS) is 15.2. The molecule has 1 unspecified atom stereocenters. The Bertz CT molecular complexity index is 1160. The molecule has 0 amide bonds. The number of benzene rings is 2. The molecule has 3 aromatic rings. The number of fused-ring (bicyclic) bond motifs is 1. The monoisotopic (exact) mass is 443 g/mol. The molecule has 5 nitrogen and oxygen atoms in total. The lowest BCUT2D eigenvalue weighted by atomic mass is 9.78. The molecule has 1 atom stereocenters. The van der Waals surface area contributed by atoms with Crippen LogP contribution in [0, 0.1) is 13.8 Å². The molecule has 1 aromatic heterocycles. The maximum atomic E-state index is 13.4. The number of nitrogens with zero attached hydrogens (tertiary/aromatic N) is 1. The van der Waals surface area contributed by atoms with Crippen molar-refractivity contribution < 1.29 is 9.53 Å². The van der Waals surface area contributed by atoms with E-state index in [9.17, 15) is 4.79 Å². The van der Waals surface area contributed by atoms with Gasteiger partial charge in [0.1, 0.15) is 5.82 Å². The largest absolute Gasteiger partial charge is 0.462 e. The van der Waals surface area contributed by atoms with Crippen LogP contribution in [-0.4, -0.2) is 22.8 Å². The predicted molar refractivity (Wildman–Crippen MR) is 133 cm³/mol. The minimum atomic E-state index is -0.266. The Kier molecular flexibility index (Phi) is 6.97. The summed E-state index contributed by atoms with van der Waals surface area (Å²) in [5, 5.41) is 11.2. The van der Waals surface area contributed by atoms with Gasteiger partial charge in [-0.2, -0.15) is 5.10 Å². The molecule has 1 aliphatic rings. The Hall–Kier alpha value is -3.34. The smallest absolute Gasteiger partial charge is 0.336 e. The van der Waals surface area contributed by atoms with Gasteiger partial charge in [-0.1, -0.05) is 74.7 Å². The van der Waals surface area contributed by atoms with Gasteiger partial charge >= 0.3 is 5.97 Å². The highest BCUT2D eigenvalue weighted by Gasteiger charge is 2.37. The van der Waals surface area contributed by atoms with Crippen molar-refractivity contribution in [3.8, 4) is 11.3 Å². The number of unbranched alkanes of at least 4 members (excludes halogenated alkanes) is 3. The fourth-order valence-corrected chi connectivity index (χ4v) is 4.60. The van der Waals surface area contributed by atoms with Gasteiger partial charge in [0.25, 0.3) is 0 Å². The number of hydrogen-bond donors (Lipinski definition) is 2. The van der Waals surface area contributed by atoms with Crippen LogP contribution in [-0.2, 0) is 9.53 Å². The topological polar surface area (TPSA) is 67.0 Å². The number of rotatable bonds is 8. The van der Waals surface area contributed by atoms with Crippen LogP contribution in [0.25, 0.3) is 11.3 Å². The number of allylic oxidation sites excluding steroid dienone is 1. The van der Waals surface area contributed by atoms with Gasteiger partial charge in [0.15, 0.2) is 0 Å². The Labute approximate surface area is 196 Å². The van der Waals surface area contributed by atoms with E-state index >= 15 is 0 Å². The molecule has 33 heavy (non-hydrogen) atoms. The zero-order chi connectivity index (χ0) is 23.4. The van der Waals surface area contributed by atoms with Crippen LogP contribution in [0.5, 0.6) is 0 Å². The fraction of sp³-hybridized carbons (Fsp3) is 0.357. The van der Waals surface area contributed by atoms with E-state index < -0.39 is 0 Å². The number of ether oxygens (including phenoxy) is 1. The number of H-pyrrole nitrogens is 1. The summed E-state index contributed by atoms with van der Waals surface area (Å²) in [4.78, 5) is 13.4. The molecule has 0 aliphatic carbocycles. The molecule has 0 radical (unpaired) electrons. The standard InChI is InChI=1S/C28H33N3O2/c1-5-6-7-11-17-33-28(32)23-20(4)29-27-25(24(23)22-16-12-13-18(2)19(22)3)26(30-31-27)21-14-9-8-10-15-21/h8-10,12-16,24H,5-7,11,17H2,1-4H3,(H2,29,30,31). The molecule has 172 valence electrons. The van der Waals surface area contributed by atoms with E-state index in [2.05, 4.69) is 54.5 Å². The highest BCUT2D eigenvalue weighted by molar-refractivity contribution is 5.95. The van der Waals surface area contributed by atoms with Crippen molar-refractivity contribution in [1.29, 1.82) is 0 Å². The van der Waals surface area contributed by atoms with Gasteiger partial charge in [-0.15, -0.1) is 0 Å². The molecule has 2 aromatic carbocycles. The third kappa shape index (κ3) is 4.58. The summed E-state index contributed by atoms with van der Waals surface area (Å²) in [7, 11) is 0. The number of esters is 1. The second-order valence-corrected chi connectivity index (χ2v) is 8.81. The van der Waals surface area contributed by atoms with Gasteiger partial charge in [0.05, 0.1) is 17.9 Å². The fourth-order valence-electron chi connectivity index (χ4n) is 4.60. The maximum Gasteiger partial charge on any atom is 0.336 e. The predicted octanol–water partition coefficient (Wildman–Crippen LogP) is 6.65. The van der Waals surface area contributed by atoms with Gasteiger partial charge < -0.3 is 10.1 Å². The number of hydrogen-bond acceptors (Lipinski definition) is 4. The van der Waals surface area contributed by atoms with Crippen molar-refractivity contribution in [2.24, 2.45) is 0 Å². The Morgan fingerprint density at radius 3 is 2.55 bits per heavy atom. The number of anilines is 1. The third-order valence-corrected chi connectivity index (χ3v) is 6.55.